The Bertz CT molecular complexity index is 234. The Morgan fingerprint density at radius 3 is 2.50 bits per heavy atom. The molecule has 1 aliphatic rings. The molecule has 0 aromatic heterocycles. The van der Waals surface area contributed by atoms with Gasteiger partial charge in [-0.2, -0.15) is 0 Å². The summed E-state index contributed by atoms with van der Waals surface area (Å²) in [6.07, 6.45) is 2.21. The highest BCUT2D eigenvalue weighted by Crippen LogP contribution is 2.32. The van der Waals surface area contributed by atoms with Crippen molar-refractivity contribution in [1.82, 2.24) is 4.72 Å². The molecular weight excluding hydrogens is 176 g/mol. The molecule has 3 N–H and O–H groups in total. The topological polar surface area (TPSA) is 72.2 Å². The summed E-state index contributed by atoms with van der Waals surface area (Å²) in [7, 11) is -3.07. The van der Waals surface area contributed by atoms with Gasteiger partial charge in [0.15, 0.2) is 0 Å². The summed E-state index contributed by atoms with van der Waals surface area (Å²) >= 11 is 0. The maximum absolute atomic E-state index is 11.1. The molecule has 0 aliphatic heterocycles. The van der Waals surface area contributed by atoms with Crippen molar-refractivity contribution in [3.8, 4) is 0 Å². The maximum atomic E-state index is 11.1. The van der Waals surface area contributed by atoms with E-state index in [1.165, 1.54) is 0 Å². The summed E-state index contributed by atoms with van der Waals surface area (Å²) in [4.78, 5) is 0. The van der Waals surface area contributed by atoms with Gasteiger partial charge in [-0.25, -0.2) is 13.1 Å². The van der Waals surface area contributed by atoms with Crippen molar-refractivity contribution in [3.63, 3.8) is 0 Å². The molecule has 0 heterocycles. The van der Waals surface area contributed by atoms with Crippen LogP contribution in [-0.4, -0.2) is 26.8 Å². The first kappa shape index (κ1) is 9.95. The van der Waals surface area contributed by atoms with Crippen LogP contribution in [0.1, 0.15) is 19.8 Å². The highest BCUT2D eigenvalue weighted by atomic mass is 32.2. The summed E-state index contributed by atoms with van der Waals surface area (Å²) in [5, 5.41) is 0. The summed E-state index contributed by atoms with van der Waals surface area (Å²) in [5.41, 5.74) is 5.45. The van der Waals surface area contributed by atoms with Crippen LogP contribution in [0.3, 0.4) is 0 Å². The standard InChI is InChI=1S/C7H16N2O2S/c1-2-12(10,11)9-7(5-8)6-3-4-6/h6-7,9H,2-5,8H2,1H3. The van der Waals surface area contributed by atoms with E-state index < -0.39 is 10.0 Å². The Balaban J connectivity index is 2.46. The summed E-state index contributed by atoms with van der Waals surface area (Å²) in [6, 6.07) is -0.0325. The molecule has 72 valence electrons. The average Bonchev–Trinajstić information content (AvgIpc) is 2.83. The van der Waals surface area contributed by atoms with Crippen LogP contribution in [-0.2, 0) is 10.0 Å². The number of nitrogens with one attached hydrogen (secondary N) is 1. The van der Waals surface area contributed by atoms with Gasteiger partial charge < -0.3 is 5.73 Å². The van der Waals surface area contributed by atoms with E-state index in [1.807, 2.05) is 0 Å². The molecule has 0 amide bonds. The van der Waals surface area contributed by atoms with Gasteiger partial charge in [0.05, 0.1) is 5.75 Å². The van der Waals surface area contributed by atoms with Crippen molar-refractivity contribution in [1.29, 1.82) is 0 Å². The second-order valence-corrected chi connectivity index (χ2v) is 5.24. The lowest BCUT2D eigenvalue weighted by atomic mass is 10.2. The lowest BCUT2D eigenvalue weighted by molar-refractivity contribution is 0.520. The smallest absolute Gasteiger partial charge is 0.211 e. The SMILES string of the molecule is CCS(=O)(=O)NC(CN)C1CC1. The van der Waals surface area contributed by atoms with E-state index in [2.05, 4.69) is 4.72 Å². The van der Waals surface area contributed by atoms with Crippen LogP contribution in [0, 0.1) is 5.92 Å². The first-order chi connectivity index (χ1) is 5.59. The van der Waals surface area contributed by atoms with Crippen molar-refractivity contribution in [2.45, 2.75) is 25.8 Å². The number of hydrogen-bond donors (Lipinski definition) is 2. The third-order valence-electron chi connectivity index (χ3n) is 2.16. The molecule has 0 bridgehead atoms. The van der Waals surface area contributed by atoms with E-state index in [0.29, 0.717) is 12.5 Å². The molecule has 1 unspecified atom stereocenters. The molecule has 1 saturated carbocycles. The fourth-order valence-corrected chi connectivity index (χ4v) is 2.07. The number of rotatable bonds is 5. The molecule has 0 aromatic carbocycles. The molecule has 1 rings (SSSR count). The number of hydrogen-bond acceptors (Lipinski definition) is 3. The van der Waals surface area contributed by atoms with Crippen LogP contribution >= 0.6 is 0 Å². The fraction of sp³-hybridized carbons (Fsp3) is 1.00. The molecule has 0 spiro atoms. The first-order valence-corrected chi connectivity index (χ1v) is 5.94. The zero-order valence-corrected chi connectivity index (χ0v) is 8.10. The molecule has 0 aromatic rings. The monoisotopic (exact) mass is 192 g/mol. The van der Waals surface area contributed by atoms with Crippen LogP contribution in [0.5, 0.6) is 0 Å². The summed E-state index contributed by atoms with van der Waals surface area (Å²) in [6.45, 7) is 2.03. The van der Waals surface area contributed by atoms with E-state index in [-0.39, 0.29) is 11.8 Å². The minimum absolute atomic E-state index is 0.0325. The largest absolute Gasteiger partial charge is 0.329 e. The summed E-state index contributed by atoms with van der Waals surface area (Å²) < 4.78 is 24.9. The van der Waals surface area contributed by atoms with E-state index in [9.17, 15) is 8.42 Å². The first-order valence-electron chi connectivity index (χ1n) is 4.29. The van der Waals surface area contributed by atoms with Crippen molar-refractivity contribution in [2.24, 2.45) is 11.7 Å². The van der Waals surface area contributed by atoms with Gasteiger partial charge in [0.1, 0.15) is 0 Å². The van der Waals surface area contributed by atoms with Crippen LogP contribution in [0.15, 0.2) is 0 Å². The molecule has 0 radical (unpaired) electrons. The molecule has 0 saturated heterocycles. The average molecular weight is 192 g/mol. The van der Waals surface area contributed by atoms with E-state index >= 15 is 0 Å². The van der Waals surface area contributed by atoms with Gasteiger partial charge >= 0.3 is 0 Å². The second-order valence-electron chi connectivity index (χ2n) is 3.20. The van der Waals surface area contributed by atoms with Crippen molar-refractivity contribution in [3.05, 3.63) is 0 Å². The van der Waals surface area contributed by atoms with Gasteiger partial charge in [-0.15, -0.1) is 0 Å². The van der Waals surface area contributed by atoms with E-state index in [1.54, 1.807) is 6.92 Å². The van der Waals surface area contributed by atoms with E-state index in [4.69, 9.17) is 5.73 Å². The van der Waals surface area contributed by atoms with E-state index in [0.717, 1.165) is 12.8 Å². The highest BCUT2D eigenvalue weighted by molar-refractivity contribution is 7.89. The van der Waals surface area contributed by atoms with Crippen LogP contribution in [0.2, 0.25) is 0 Å². The zero-order chi connectivity index (χ0) is 9.19. The van der Waals surface area contributed by atoms with Crippen molar-refractivity contribution in [2.75, 3.05) is 12.3 Å². The van der Waals surface area contributed by atoms with Gasteiger partial charge in [-0.1, -0.05) is 0 Å². The van der Waals surface area contributed by atoms with Gasteiger partial charge in [-0.3, -0.25) is 0 Å². The lowest BCUT2D eigenvalue weighted by Crippen LogP contribution is -2.42. The summed E-state index contributed by atoms with van der Waals surface area (Å²) in [5.74, 6) is 0.618. The number of sulfonamides is 1. The molecule has 1 atom stereocenters. The van der Waals surface area contributed by atoms with Gasteiger partial charge in [0.2, 0.25) is 10.0 Å². The molecule has 1 aliphatic carbocycles. The van der Waals surface area contributed by atoms with Crippen molar-refractivity contribution < 1.29 is 8.42 Å². The van der Waals surface area contributed by atoms with Crippen LogP contribution in [0.4, 0.5) is 0 Å². The van der Waals surface area contributed by atoms with Gasteiger partial charge in [-0.05, 0) is 25.7 Å². The molecular formula is C7H16N2O2S. The Morgan fingerprint density at radius 2 is 2.17 bits per heavy atom. The third kappa shape index (κ3) is 2.73. The Kier molecular flexibility index (Phi) is 3.09. The van der Waals surface area contributed by atoms with Gasteiger partial charge in [0.25, 0.3) is 0 Å². The molecule has 1 fully saturated rings. The Morgan fingerprint density at radius 1 is 1.58 bits per heavy atom. The predicted octanol–water partition coefficient (Wildman–Crippen LogP) is -0.337. The highest BCUT2D eigenvalue weighted by Gasteiger charge is 2.32. The zero-order valence-electron chi connectivity index (χ0n) is 7.29. The normalized spacial score (nSPS) is 20.8. The minimum atomic E-state index is -3.07. The third-order valence-corrected chi connectivity index (χ3v) is 3.58. The molecule has 5 heteroatoms. The predicted molar refractivity (Wildman–Crippen MR) is 48.2 cm³/mol. The Labute approximate surface area is 73.6 Å². The number of nitrogens with two attached hydrogens (primary N) is 1. The Hall–Kier alpha value is -0.130. The minimum Gasteiger partial charge on any atom is -0.329 e. The van der Waals surface area contributed by atoms with Crippen molar-refractivity contribution >= 4 is 10.0 Å². The van der Waals surface area contributed by atoms with Crippen LogP contribution < -0.4 is 10.5 Å². The molecule has 4 nitrogen and oxygen atoms in total. The fourth-order valence-electron chi connectivity index (χ4n) is 1.15. The second kappa shape index (κ2) is 3.72. The van der Waals surface area contributed by atoms with Crippen LogP contribution in [0.25, 0.3) is 0 Å². The van der Waals surface area contributed by atoms with Gasteiger partial charge in [0, 0.05) is 12.6 Å². The lowest BCUT2D eigenvalue weighted by Gasteiger charge is -2.14. The maximum Gasteiger partial charge on any atom is 0.211 e. The quantitative estimate of drug-likeness (QED) is 0.626. The molecule has 12 heavy (non-hydrogen) atoms.